The molecule has 0 fully saturated rings. The molecule has 1 aromatic carbocycles. The highest BCUT2D eigenvalue weighted by atomic mass is 32.1. The molecule has 0 aliphatic heterocycles. The van der Waals surface area contributed by atoms with Crippen molar-refractivity contribution in [2.45, 2.75) is 19.3 Å². The van der Waals surface area contributed by atoms with Gasteiger partial charge in [0, 0.05) is 4.88 Å². The number of carbonyl (C=O) groups excluding carboxylic acids is 1. The van der Waals surface area contributed by atoms with E-state index < -0.39 is 40.7 Å². The Kier molecular flexibility index (Phi) is 3.97. The topological polar surface area (TPSA) is 41.1 Å². The highest BCUT2D eigenvalue weighted by Gasteiger charge is 2.26. The molecule has 2 N–H and O–H groups in total. The van der Waals surface area contributed by atoms with Crippen LogP contribution in [0.1, 0.15) is 26.5 Å². The maximum absolute atomic E-state index is 13.5. The molecule has 1 heterocycles. The second kappa shape index (κ2) is 5.80. The van der Waals surface area contributed by atoms with Gasteiger partial charge in [-0.05, 0) is 30.9 Å². The summed E-state index contributed by atoms with van der Waals surface area (Å²) in [5.74, 6) is -11.2. The van der Waals surface area contributed by atoms with Crippen molar-refractivity contribution in [2.75, 3.05) is 5.43 Å². The minimum atomic E-state index is -2.26. The van der Waals surface area contributed by atoms with Gasteiger partial charge in [0.15, 0.2) is 23.3 Å². The van der Waals surface area contributed by atoms with Crippen LogP contribution in [0.4, 0.5) is 27.6 Å². The van der Waals surface area contributed by atoms with E-state index in [9.17, 15) is 26.7 Å². The Morgan fingerprint density at radius 2 is 1.57 bits per heavy atom. The average Bonchev–Trinajstić information content (AvgIpc) is 3.12. The molecular weight excluding hydrogens is 339 g/mol. The summed E-state index contributed by atoms with van der Waals surface area (Å²) in [5.41, 5.74) is 3.44. The SMILES string of the molecule is O=C(NNc1c(F)c(F)c(F)c(F)c1F)c1cc2c(s1)CCC2. The second-order valence-electron chi connectivity index (χ2n) is 4.94. The Bertz CT molecular complexity index is 754. The zero-order chi connectivity index (χ0) is 16.7. The molecule has 0 spiro atoms. The minimum Gasteiger partial charge on any atom is -0.293 e. The van der Waals surface area contributed by atoms with E-state index in [4.69, 9.17) is 0 Å². The number of halogens is 5. The van der Waals surface area contributed by atoms with Gasteiger partial charge in [-0.1, -0.05) is 0 Å². The number of aryl methyl sites for hydroxylation is 2. The van der Waals surface area contributed by atoms with Crippen molar-refractivity contribution in [3.05, 3.63) is 50.5 Å². The molecule has 1 amide bonds. The van der Waals surface area contributed by atoms with Crippen molar-refractivity contribution in [3.63, 3.8) is 0 Å². The average molecular weight is 348 g/mol. The summed E-state index contributed by atoms with van der Waals surface area (Å²) in [5, 5.41) is 0. The molecule has 1 aliphatic rings. The molecule has 9 heteroatoms. The lowest BCUT2D eigenvalue weighted by Crippen LogP contribution is -2.30. The zero-order valence-electron chi connectivity index (χ0n) is 11.4. The van der Waals surface area contributed by atoms with Gasteiger partial charge < -0.3 is 0 Å². The molecule has 3 rings (SSSR count). The Morgan fingerprint density at radius 3 is 2.17 bits per heavy atom. The summed E-state index contributed by atoms with van der Waals surface area (Å²) in [6.45, 7) is 0. The third kappa shape index (κ3) is 2.65. The first-order valence-electron chi connectivity index (χ1n) is 6.59. The molecule has 3 nitrogen and oxygen atoms in total. The monoisotopic (exact) mass is 348 g/mol. The zero-order valence-corrected chi connectivity index (χ0v) is 12.2. The standard InChI is InChI=1S/C14H9F5N2OS/c15-8-9(16)11(18)13(12(19)10(8)17)20-21-14(22)7-4-5-2-1-3-6(5)23-7/h4,20H,1-3H2,(H,21,22). The second-order valence-corrected chi connectivity index (χ2v) is 6.07. The van der Waals surface area contributed by atoms with E-state index in [1.165, 1.54) is 11.3 Å². The van der Waals surface area contributed by atoms with E-state index in [1.807, 2.05) is 5.43 Å². The van der Waals surface area contributed by atoms with E-state index in [1.54, 1.807) is 11.5 Å². The van der Waals surface area contributed by atoms with E-state index in [0.717, 1.165) is 29.7 Å². The Labute approximate surface area is 131 Å². The Morgan fingerprint density at radius 1 is 0.957 bits per heavy atom. The van der Waals surface area contributed by atoms with Gasteiger partial charge in [0.1, 0.15) is 5.69 Å². The summed E-state index contributed by atoms with van der Waals surface area (Å²) in [6, 6.07) is 1.66. The van der Waals surface area contributed by atoms with Crippen LogP contribution >= 0.6 is 11.3 Å². The van der Waals surface area contributed by atoms with Crippen LogP contribution < -0.4 is 10.9 Å². The van der Waals surface area contributed by atoms with E-state index in [-0.39, 0.29) is 0 Å². The quantitative estimate of drug-likeness (QED) is 0.384. The molecular formula is C14H9F5N2OS. The Balaban J connectivity index is 1.79. The van der Waals surface area contributed by atoms with Gasteiger partial charge >= 0.3 is 0 Å². The summed E-state index contributed by atoms with van der Waals surface area (Å²) < 4.78 is 65.9. The van der Waals surface area contributed by atoms with Gasteiger partial charge in [0.25, 0.3) is 5.91 Å². The molecule has 23 heavy (non-hydrogen) atoms. The van der Waals surface area contributed by atoms with Crippen LogP contribution in [0.15, 0.2) is 6.07 Å². The normalized spacial score (nSPS) is 13.1. The number of anilines is 1. The van der Waals surface area contributed by atoms with Gasteiger partial charge in [-0.3, -0.25) is 15.6 Å². The molecule has 0 saturated carbocycles. The fourth-order valence-electron chi connectivity index (χ4n) is 2.34. The van der Waals surface area contributed by atoms with Gasteiger partial charge in [0.05, 0.1) is 4.88 Å². The third-order valence-electron chi connectivity index (χ3n) is 3.48. The highest BCUT2D eigenvalue weighted by Crippen LogP contribution is 2.31. The lowest BCUT2D eigenvalue weighted by Gasteiger charge is -2.11. The van der Waals surface area contributed by atoms with Crippen LogP contribution in [0.2, 0.25) is 0 Å². The Hall–Kier alpha value is -2.16. The van der Waals surface area contributed by atoms with Crippen molar-refractivity contribution in [2.24, 2.45) is 0 Å². The first-order valence-corrected chi connectivity index (χ1v) is 7.41. The number of hydrazine groups is 1. The number of hydrogen-bond acceptors (Lipinski definition) is 3. The largest absolute Gasteiger partial charge is 0.293 e. The van der Waals surface area contributed by atoms with Gasteiger partial charge in [-0.2, -0.15) is 0 Å². The number of fused-ring (bicyclic) bond motifs is 1. The smallest absolute Gasteiger partial charge is 0.279 e. The van der Waals surface area contributed by atoms with Crippen molar-refractivity contribution in [3.8, 4) is 0 Å². The molecule has 0 radical (unpaired) electrons. The lowest BCUT2D eigenvalue weighted by atomic mass is 10.2. The third-order valence-corrected chi connectivity index (χ3v) is 4.72. The summed E-state index contributed by atoms with van der Waals surface area (Å²) >= 11 is 1.23. The van der Waals surface area contributed by atoms with Crippen LogP contribution in [-0.2, 0) is 12.8 Å². The number of amides is 1. The van der Waals surface area contributed by atoms with Crippen molar-refractivity contribution >= 4 is 22.9 Å². The first kappa shape index (κ1) is 15.7. The molecule has 0 bridgehead atoms. The van der Waals surface area contributed by atoms with Crippen LogP contribution in [0.25, 0.3) is 0 Å². The predicted octanol–water partition coefficient (Wildman–Crippen LogP) is 3.69. The fraction of sp³-hybridized carbons (Fsp3) is 0.214. The van der Waals surface area contributed by atoms with Gasteiger partial charge in [-0.15, -0.1) is 11.3 Å². The fourth-order valence-corrected chi connectivity index (χ4v) is 3.49. The van der Waals surface area contributed by atoms with Crippen LogP contribution in [0.3, 0.4) is 0 Å². The first-order chi connectivity index (χ1) is 10.9. The number of thiophene rings is 1. The molecule has 0 saturated heterocycles. The van der Waals surface area contributed by atoms with Crippen LogP contribution in [0.5, 0.6) is 0 Å². The predicted molar refractivity (Wildman–Crippen MR) is 73.7 cm³/mol. The molecule has 122 valence electrons. The van der Waals surface area contributed by atoms with E-state index >= 15 is 0 Å². The maximum atomic E-state index is 13.5. The molecule has 1 aliphatic carbocycles. The van der Waals surface area contributed by atoms with Crippen LogP contribution in [0, 0.1) is 29.1 Å². The number of hydrogen-bond donors (Lipinski definition) is 2. The number of nitrogens with one attached hydrogen (secondary N) is 2. The molecule has 0 unspecified atom stereocenters. The summed E-state index contributed by atoms with van der Waals surface area (Å²) in [6.07, 6.45) is 2.72. The maximum Gasteiger partial charge on any atom is 0.279 e. The van der Waals surface area contributed by atoms with Crippen molar-refractivity contribution in [1.82, 2.24) is 5.43 Å². The highest BCUT2D eigenvalue weighted by molar-refractivity contribution is 7.14. The van der Waals surface area contributed by atoms with Gasteiger partial charge in [0.2, 0.25) is 5.82 Å². The van der Waals surface area contributed by atoms with E-state index in [2.05, 4.69) is 0 Å². The van der Waals surface area contributed by atoms with Gasteiger partial charge in [-0.25, -0.2) is 22.0 Å². The van der Waals surface area contributed by atoms with Crippen LogP contribution in [-0.4, -0.2) is 5.91 Å². The van der Waals surface area contributed by atoms with Crippen molar-refractivity contribution in [1.29, 1.82) is 0 Å². The molecule has 2 aromatic rings. The molecule has 1 aromatic heterocycles. The molecule has 0 atom stereocenters. The summed E-state index contributed by atoms with van der Waals surface area (Å²) in [7, 11) is 0. The minimum absolute atomic E-state index is 0.297. The number of benzene rings is 1. The number of rotatable bonds is 3. The number of carbonyl (C=O) groups is 1. The lowest BCUT2D eigenvalue weighted by molar-refractivity contribution is 0.0966. The van der Waals surface area contributed by atoms with Crippen molar-refractivity contribution < 1.29 is 26.7 Å². The van der Waals surface area contributed by atoms with E-state index in [0.29, 0.717) is 4.88 Å². The summed E-state index contributed by atoms with van der Waals surface area (Å²) in [4.78, 5) is 13.3.